The molecule has 112 valence electrons. The SMILES string of the molecule is C=C/C=C\C=C/C=C.CC.CC.O=S1(=O)NCCO1. The molecule has 1 fully saturated rings. The quantitative estimate of drug-likeness (QED) is 0.810. The second-order valence-electron chi connectivity index (χ2n) is 2.41. The molecule has 0 spiro atoms. The molecule has 0 amide bonds. The van der Waals surface area contributed by atoms with Crippen LogP contribution in [0.1, 0.15) is 27.7 Å². The zero-order valence-corrected chi connectivity index (χ0v) is 13.2. The van der Waals surface area contributed by atoms with Gasteiger partial charge in [0.1, 0.15) is 0 Å². The van der Waals surface area contributed by atoms with Crippen LogP contribution in [0, 0.1) is 0 Å². The van der Waals surface area contributed by atoms with Gasteiger partial charge in [-0.2, -0.15) is 13.1 Å². The number of rotatable bonds is 3. The van der Waals surface area contributed by atoms with Crippen molar-refractivity contribution in [1.82, 2.24) is 4.72 Å². The van der Waals surface area contributed by atoms with E-state index in [-0.39, 0.29) is 6.61 Å². The fourth-order valence-electron chi connectivity index (χ4n) is 0.645. The lowest BCUT2D eigenvalue weighted by Gasteiger charge is -1.84. The third kappa shape index (κ3) is 22.5. The Morgan fingerprint density at radius 3 is 1.53 bits per heavy atom. The lowest BCUT2D eigenvalue weighted by Crippen LogP contribution is -2.14. The van der Waals surface area contributed by atoms with Gasteiger partial charge < -0.3 is 0 Å². The standard InChI is InChI=1S/C8H10.C2H5NO3S.2C2H6/c1-3-5-7-8-6-4-2;4-7(5)3-1-2-6-7;2*1-2/h3-8H,1-2H2;3H,1-2H2;2*1-2H3/b7-5-,8-6-;;;. The van der Waals surface area contributed by atoms with E-state index in [9.17, 15) is 8.42 Å². The molecular formula is C14H27NO3S. The van der Waals surface area contributed by atoms with Crippen molar-refractivity contribution in [2.24, 2.45) is 0 Å². The van der Waals surface area contributed by atoms with Crippen molar-refractivity contribution in [1.29, 1.82) is 0 Å². The maximum atomic E-state index is 10.1. The highest BCUT2D eigenvalue weighted by molar-refractivity contribution is 7.84. The minimum absolute atomic E-state index is 0.266. The van der Waals surface area contributed by atoms with Crippen LogP contribution in [0.3, 0.4) is 0 Å². The van der Waals surface area contributed by atoms with Crippen LogP contribution in [-0.4, -0.2) is 21.6 Å². The van der Waals surface area contributed by atoms with Gasteiger partial charge in [-0.1, -0.05) is 77.3 Å². The van der Waals surface area contributed by atoms with E-state index in [1.54, 1.807) is 12.2 Å². The summed E-state index contributed by atoms with van der Waals surface area (Å²) in [5, 5.41) is 0. The molecule has 4 nitrogen and oxygen atoms in total. The van der Waals surface area contributed by atoms with Crippen LogP contribution in [0.5, 0.6) is 0 Å². The van der Waals surface area contributed by atoms with E-state index in [0.29, 0.717) is 6.54 Å². The molecule has 0 aromatic heterocycles. The first-order chi connectivity index (χ1) is 9.12. The molecule has 0 radical (unpaired) electrons. The Kier molecular flexibility index (Phi) is 23.2. The molecule has 1 N–H and O–H groups in total. The van der Waals surface area contributed by atoms with Gasteiger partial charge in [-0.25, -0.2) is 0 Å². The molecule has 0 aromatic rings. The van der Waals surface area contributed by atoms with E-state index in [4.69, 9.17) is 0 Å². The molecule has 0 unspecified atom stereocenters. The monoisotopic (exact) mass is 289 g/mol. The van der Waals surface area contributed by atoms with E-state index < -0.39 is 10.3 Å². The molecule has 0 aliphatic carbocycles. The smallest absolute Gasteiger partial charge is 0.257 e. The number of hydrogen-bond donors (Lipinski definition) is 1. The molecule has 1 saturated heterocycles. The second-order valence-corrected chi connectivity index (χ2v) is 3.84. The normalized spacial score (nSPS) is 15.4. The minimum Gasteiger partial charge on any atom is -0.257 e. The van der Waals surface area contributed by atoms with Gasteiger partial charge in [-0.3, -0.25) is 4.18 Å². The highest BCUT2D eigenvalue weighted by atomic mass is 32.2. The van der Waals surface area contributed by atoms with E-state index in [2.05, 4.69) is 22.1 Å². The van der Waals surface area contributed by atoms with Crippen LogP contribution in [0.2, 0.25) is 0 Å². The van der Waals surface area contributed by atoms with Crippen LogP contribution in [0.4, 0.5) is 0 Å². The van der Waals surface area contributed by atoms with Crippen LogP contribution >= 0.6 is 0 Å². The molecule has 0 saturated carbocycles. The van der Waals surface area contributed by atoms with Gasteiger partial charge in [-0.15, -0.1) is 0 Å². The molecule has 0 atom stereocenters. The fourth-order valence-corrected chi connectivity index (χ4v) is 1.36. The average Bonchev–Trinajstić information content (AvgIpc) is 2.85. The molecule has 0 aromatic carbocycles. The third-order valence-corrected chi connectivity index (χ3v) is 2.26. The van der Waals surface area contributed by atoms with E-state index in [1.807, 2.05) is 52.0 Å². The van der Waals surface area contributed by atoms with E-state index in [0.717, 1.165) is 0 Å². The zero-order valence-electron chi connectivity index (χ0n) is 12.4. The molecule has 1 aliphatic rings. The summed E-state index contributed by atoms with van der Waals surface area (Å²) >= 11 is 0. The van der Waals surface area contributed by atoms with Gasteiger partial charge in [0.05, 0.1) is 6.61 Å². The highest BCUT2D eigenvalue weighted by Gasteiger charge is 2.15. The van der Waals surface area contributed by atoms with Crippen molar-refractivity contribution in [3.63, 3.8) is 0 Å². The van der Waals surface area contributed by atoms with Gasteiger partial charge in [-0.05, 0) is 0 Å². The molecule has 1 heterocycles. The summed E-state index contributed by atoms with van der Waals surface area (Å²) in [7, 11) is -3.30. The Bertz CT molecular complexity index is 316. The van der Waals surface area contributed by atoms with Crippen molar-refractivity contribution < 1.29 is 12.6 Å². The van der Waals surface area contributed by atoms with E-state index in [1.165, 1.54) is 0 Å². The van der Waals surface area contributed by atoms with Crippen molar-refractivity contribution in [2.75, 3.05) is 13.2 Å². The van der Waals surface area contributed by atoms with Crippen molar-refractivity contribution in [3.05, 3.63) is 49.6 Å². The first-order valence-electron chi connectivity index (χ1n) is 6.33. The second kappa shape index (κ2) is 19.2. The Morgan fingerprint density at radius 1 is 0.947 bits per heavy atom. The topological polar surface area (TPSA) is 55.4 Å². The predicted octanol–water partition coefficient (Wildman–Crippen LogP) is 3.37. The lowest BCUT2D eigenvalue weighted by molar-refractivity contribution is 0.362. The molecule has 1 rings (SSSR count). The summed E-state index contributed by atoms with van der Waals surface area (Å²) in [5.41, 5.74) is 0. The van der Waals surface area contributed by atoms with Crippen LogP contribution in [0.15, 0.2) is 49.6 Å². The molecule has 19 heavy (non-hydrogen) atoms. The van der Waals surface area contributed by atoms with Gasteiger partial charge in [0, 0.05) is 6.54 Å². The number of hydrogen-bond acceptors (Lipinski definition) is 3. The molecule has 0 bridgehead atoms. The van der Waals surface area contributed by atoms with Gasteiger partial charge >= 0.3 is 10.3 Å². The van der Waals surface area contributed by atoms with Gasteiger partial charge in [0.2, 0.25) is 0 Å². The largest absolute Gasteiger partial charge is 0.335 e. The Balaban J connectivity index is -0.000000214. The summed E-state index contributed by atoms with van der Waals surface area (Å²) in [6, 6.07) is 0. The summed E-state index contributed by atoms with van der Waals surface area (Å²) < 4.78 is 26.5. The lowest BCUT2D eigenvalue weighted by atomic mass is 10.4. The first kappa shape index (κ1) is 23.0. The maximum absolute atomic E-state index is 10.1. The maximum Gasteiger partial charge on any atom is 0.335 e. The Hall–Kier alpha value is -1.17. The van der Waals surface area contributed by atoms with E-state index >= 15 is 0 Å². The predicted molar refractivity (Wildman–Crippen MR) is 84.2 cm³/mol. The molecular weight excluding hydrogens is 262 g/mol. The average molecular weight is 289 g/mol. The molecule has 5 heteroatoms. The number of allylic oxidation sites excluding steroid dienone is 6. The third-order valence-electron chi connectivity index (χ3n) is 1.22. The summed E-state index contributed by atoms with van der Waals surface area (Å²) in [4.78, 5) is 0. The zero-order chi connectivity index (χ0) is 15.6. The van der Waals surface area contributed by atoms with Crippen molar-refractivity contribution >= 4 is 10.3 Å². The Labute approximate surface area is 118 Å². The Morgan fingerprint density at radius 2 is 1.37 bits per heavy atom. The van der Waals surface area contributed by atoms with Crippen LogP contribution < -0.4 is 4.72 Å². The van der Waals surface area contributed by atoms with Crippen LogP contribution in [-0.2, 0) is 14.5 Å². The number of nitrogens with one attached hydrogen (secondary N) is 1. The highest BCUT2D eigenvalue weighted by Crippen LogP contribution is 1.92. The van der Waals surface area contributed by atoms with Gasteiger partial charge in [0.25, 0.3) is 0 Å². The van der Waals surface area contributed by atoms with Gasteiger partial charge in [0.15, 0.2) is 0 Å². The first-order valence-corrected chi connectivity index (χ1v) is 7.74. The van der Waals surface area contributed by atoms with Crippen molar-refractivity contribution in [2.45, 2.75) is 27.7 Å². The molecule has 1 aliphatic heterocycles. The summed E-state index contributed by atoms with van der Waals surface area (Å²) in [6.45, 7) is 15.7. The van der Waals surface area contributed by atoms with Crippen molar-refractivity contribution in [3.8, 4) is 0 Å². The summed E-state index contributed by atoms with van der Waals surface area (Å²) in [5.74, 6) is 0. The summed E-state index contributed by atoms with van der Waals surface area (Å²) in [6.07, 6.45) is 11.0. The minimum atomic E-state index is -3.30. The van der Waals surface area contributed by atoms with Crippen LogP contribution in [0.25, 0.3) is 0 Å². The fraction of sp³-hybridized carbons (Fsp3) is 0.429.